The number of hydrogen-bond acceptors (Lipinski definition) is 5. The van der Waals surface area contributed by atoms with Crippen LogP contribution in [0.1, 0.15) is 91.9 Å². The van der Waals surface area contributed by atoms with Crippen molar-refractivity contribution in [1.82, 2.24) is 9.80 Å². The number of unbranched alkanes of at least 4 members (excludes halogenated alkanes) is 1. The first-order valence-electron chi connectivity index (χ1n) is 12.2. The van der Waals surface area contributed by atoms with Crippen molar-refractivity contribution in [3.63, 3.8) is 0 Å². The molecule has 1 saturated heterocycles. The number of amides is 3. The predicted octanol–water partition coefficient (Wildman–Crippen LogP) is 3.41. The molecule has 2 aliphatic rings. The van der Waals surface area contributed by atoms with Crippen LogP contribution in [0.5, 0.6) is 0 Å². The van der Waals surface area contributed by atoms with Crippen LogP contribution in [-0.2, 0) is 19.1 Å². The maximum Gasteiger partial charge on any atom is 0.410 e. The quantitative estimate of drug-likeness (QED) is 0.569. The van der Waals surface area contributed by atoms with Gasteiger partial charge >= 0.3 is 6.09 Å². The lowest BCUT2D eigenvalue weighted by Gasteiger charge is -2.42. The first-order chi connectivity index (χ1) is 15.0. The zero-order valence-electron chi connectivity index (χ0n) is 20.2. The minimum absolute atomic E-state index is 0.0368. The number of nitrogens with zero attached hydrogens (tertiary/aromatic N) is 2. The minimum Gasteiger partial charge on any atom is -0.444 e. The van der Waals surface area contributed by atoms with Crippen LogP contribution in [-0.4, -0.2) is 64.3 Å². The Hall–Kier alpha value is -2.12. The monoisotopic (exact) mass is 451 g/mol. The van der Waals surface area contributed by atoms with Crippen LogP contribution in [0.15, 0.2) is 0 Å². The van der Waals surface area contributed by atoms with Gasteiger partial charge in [-0.2, -0.15) is 0 Å². The van der Waals surface area contributed by atoms with E-state index < -0.39 is 23.3 Å². The van der Waals surface area contributed by atoms with Crippen molar-refractivity contribution >= 4 is 23.7 Å². The molecule has 1 aliphatic heterocycles. The third-order valence-electron chi connectivity index (χ3n) is 6.43. The van der Waals surface area contributed by atoms with Gasteiger partial charge in [-0.1, -0.05) is 39.0 Å². The molecule has 2 fully saturated rings. The van der Waals surface area contributed by atoms with Gasteiger partial charge < -0.3 is 20.3 Å². The summed E-state index contributed by atoms with van der Waals surface area (Å²) < 4.78 is 5.45. The number of rotatable bonds is 8. The van der Waals surface area contributed by atoms with Gasteiger partial charge in [0, 0.05) is 25.0 Å². The number of ketones is 1. The summed E-state index contributed by atoms with van der Waals surface area (Å²) in [6, 6.07) is -0.822. The minimum atomic E-state index is -0.973. The van der Waals surface area contributed by atoms with Crippen molar-refractivity contribution in [2.24, 2.45) is 11.7 Å². The second-order valence-electron chi connectivity index (χ2n) is 10.2. The number of likely N-dealkylation sites (tertiary alicyclic amines) is 1. The van der Waals surface area contributed by atoms with Gasteiger partial charge in [0.25, 0.3) is 5.91 Å². The summed E-state index contributed by atoms with van der Waals surface area (Å²) in [4.78, 5) is 54.0. The van der Waals surface area contributed by atoms with Crippen molar-refractivity contribution < 1.29 is 23.9 Å². The zero-order chi connectivity index (χ0) is 23.9. The summed E-state index contributed by atoms with van der Waals surface area (Å²) >= 11 is 0. The number of nitrogens with two attached hydrogens (primary N) is 1. The van der Waals surface area contributed by atoms with Gasteiger partial charge in [0.15, 0.2) is 0 Å². The molecule has 8 heteroatoms. The fourth-order valence-electron chi connectivity index (χ4n) is 4.75. The van der Waals surface area contributed by atoms with E-state index in [4.69, 9.17) is 10.5 Å². The molecule has 0 unspecified atom stereocenters. The summed E-state index contributed by atoms with van der Waals surface area (Å²) in [5.74, 6) is -1.99. The standard InChI is InChI=1S/C24H41N3O5/c1-5-6-12-19(20(28)21(25)29)27(18-10-8-7-9-11-18)22(30)17-13-15-26(16-14-17)23(31)32-24(2,3)4/h17-19H,5-16H2,1-4H3,(H2,25,29)/t19-/m0/s1. The van der Waals surface area contributed by atoms with E-state index >= 15 is 0 Å². The molecule has 0 aromatic carbocycles. The number of carbonyl (C=O) groups is 4. The molecule has 32 heavy (non-hydrogen) atoms. The highest BCUT2D eigenvalue weighted by molar-refractivity contribution is 6.37. The highest BCUT2D eigenvalue weighted by Gasteiger charge is 2.41. The fraction of sp³-hybridized carbons (Fsp3) is 0.833. The van der Waals surface area contributed by atoms with Gasteiger partial charge in [0.2, 0.25) is 11.7 Å². The number of ether oxygens (including phenoxy) is 1. The number of piperidine rings is 1. The van der Waals surface area contributed by atoms with Gasteiger partial charge in [-0.25, -0.2) is 4.79 Å². The Morgan fingerprint density at radius 1 is 1.03 bits per heavy atom. The van der Waals surface area contributed by atoms with Crippen molar-refractivity contribution in [1.29, 1.82) is 0 Å². The molecule has 1 aliphatic carbocycles. The molecule has 0 aromatic rings. The van der Waals surface area contributed by atoms with Crippen molar-refractivity contribution in [2.75, 3.05) is 13.1 Å². The smallest absolute Gasteiger partial charge is 0.410 e. The Bertz CT molecular complexity index is 674. The van der Waals surface area contributed by atoms with E-state index in [9.17, 15) is 19.2 Å². The average Bonchev–Trinajstić information content (AvgIpc) is 2.75. The van der Waals surface area contributed by atoms with Gasteiger partial charge in [0.1, 0.15) is 11.6 Å². The van der Waals surface area contributed by atoms with Crippen molar-refractivity contribution in [3.05, 3.63) is 0 Å². The zero-order valence-corrected chi connectivity index (χ0v) is 20.2. The average molecular weight is 452 g/mol. The van der Waals surface area contributed by atoms with Crippen molar-refractivity contribution in [3.8, 4) is 0 Å². The summed E-state index contributed by atoms with van der Waals surface area (Å²) in [7, 11) is 0. The predicted molar refractivity (Wildman–Crippen MR) is 122 cm³/mol. The third-order valence-corrected chi connectivity index (χ3v) is 6.43. The summed E-state index contributed by atoms with van der Waals surface area (Å²) in [6.45, 7) is 8.38. The molecule has 1 heterocycles. The fourth-order valence-corrected chi connectivity index (χ4v) is 4.75. The van der Waals surface area contributed by atoms with E-state index in [0.29, 0.717) is 32.4 Å². The molecule has 2 N–H and O–H groups in total. The number of carbonyl (C=O) groups excluding carboxylic acids is 4. The number of primary amides is 1. The third kappa shape index (κ3) is 7.20. The van der Waals surface area contributed by atoms with E-state index in [1.807, 2.05) is 27.7 Å². The highest BCUT2D eigenvalue weighted by atomic mass is 16.6. The molecule has 1 atom stereocenters. The normalized spacial score (nSPS) is 19.3. The second kappa shape index (κ2) is 11.7. The van der Waals surface area contributed by atoms with E-state index in [1.54, 1.807) is 9.80 Å². The Balaban J connectivity index is 2.16. The van der Waals surface area contributed by atoms with E-state index in [2.05, 4.69) is 0 Å². The summed E-state index contributed by atoms with van der Waals surface area (Å²) in [6.07, 6.45) is 7.58. The SMILES string of the molecule is CCCC[C@@H](C(=O)C(N)=O)N(C(=O)C1CCN(C(=O)OC(C)(C)C)CC1)C1CCCCC1. The Morgan fingerprint density at radius 3 is 2.12 bits per heavy atom. The van der Waals surface area contributed by atoms with Gasteiger partial charge in [0.05, 0.1) is 0 Å². The van der Waals surface area contributed by atoms with Crippen LogP contribution in [0.25, 0.3) is 0 Å². The lowest BCUT2D eigenvalue weighted by Crippen LogP contribution is -2.56. The Morgan fingerprint density at radius 2 is 1.62 bits per heavy atom. The van der Waals surface area contributed by atoms with Crippen LogP contribution in [0.2, 0.25) is 0 Å². The van der Waals surface area contributed by atoms with Gasteiger partial charge in [-0.3, -0.25) is 14.4 Å². The molecule has 1 saturated carbocycles. The Labute approximate surface area is 192 Å². The van der Waals surface area contributed by atoms with Gasteiger partial charge in [-0.15, -0.1) is 0 Å². The summed E-state index contributed by atoms with van der Waals surface area (Å²) in [5.41, 5.74) is 4.81. The van der Waals surface area contributed by atoms with Crippen molar-refractivity contribution in [2.45, 2.75) is 110 Å². The molecule has 0 spiro atoms. The Kier molecular flexibility index (Phi) is 9.52. The topological polar surface area (TPSA) is 110 Å². The maximum absolute atomic E-state index is 13.7. The molecule has 0 radical (unpaired) electrons. The first-order valence-corrected chi connectivity index (χ1v) is 12.2. The van der Waals surface area contributed by atoms with E-state index in [1.165, 1.54) is 0 Å². The highest BCUT2D eigenvalue weighted by Crippen LogP contribution is 2.30. The van der Waals surface area contributed by atoms with E-state index in [-0.39, 0.29) is 24.0 Å². The van der Waals surface area contributed by atoms with Crippen LogP contribution >= 0.6 is 0 Å². The maximum atomic E-state index is 13.7. The molecule has 3 amide bonds. The van der Waals surface area contributed by atoms with Crippen LogP contribution < -0.4 is 5.73 Å². The first kappa shape index (κ1) is 26.1. The van der Waals surface area contributed by atoms with Crippen LogP contribution in [0.3, 0.4) is 0 Å². The molecular formula is C24H41N3O5. The lowest BCUT2D eigenvalue weighted by molar-refractivity contribution is -0.150. The molecule has 182 valence electrons. The lowest BCUT2D eigenvalue weighted by atomic mass is 9.88. The van der Waals surface area contributed by atoms with Gasteiger partial charge in [-0.05, 0) is 52.9 Å². The molecule has 2 rings (SSSR count). The summed E-state index contributed by atoms with van der Waals surface area (Å²) in [5, 5.41) is 0. The number of hydrogen-bond donors (Lipinski definition) is 1. The molecule has 0 bridgehead atoms. The molecule has 8 nitrogen and oxygen atoms in total. The number of Topliss-reactive ketones (excluding diaryl/α,β-unsaturated/α-hetero) is 1. The second-order valence-corrected chi connectivity index (χ2v) is 10.2. The van der Waals surface area contributed by atoms with Crippen LogP contribution in [0, 0.1) is 5.92 Å². The molecular weight excluding hydrogens is 410 g/mol. The molecule has 0 aromatic heterocycles. The van der Waals surface area contributed by atoms with Crippen LogP contribution in [0.4, 0.5) is 4.79 Å². The largest absolute Gasteiger partial charge is 0.444 e. The van der Waals surface area contributed by atoms with E-state index in [0.717, 1.165) is 44.9 Å².